The van der Waals surface area contributed by atoms with E-state index in [1.165, 1.54) is 22.3 Å². The van der Waals surface area contributed by atoms with Crippen LogP contribution in [0.5, 0.6) is 0 Å². The smallest absolute Gasteiger partial charge is 0.0243 e. The van der Waals surface area contributed by atoms with Crippen LogP contribution in [0, 0.1) is 13.8 Å². The SMILES string of the molecule is Cc1ccc(CC2(c3cccc(C)c3)CNC2)cc1. The minimum absolute atomic E-state index is 0.293. The molecular weight excluding hydrogens is 230 g/mol. The molecule has 0 saturated carbocycles. The quantitative estimate of drug-likeness (QED) is 0.881. The Kier molecular flexibility index (Phi) is 3.16. The summed E-state index contributed by atoms with van der Waals surface area (Å²) in [6.07, 6.45) is 1.13. The van der Waals surface area contributed by atoms with Gasteiger partial charge in [-0.25, -0.2) is 0 Å². The minimum atomic E-state index is 0.293. The van der Waals surface area contributed by atoms with Crippen LogP contribution in [-0.2, 0) is 11.8 Å². The third kappa shape index (κ3) is 2.43. The van der Waals surface area contributed by atoms with E-state index in [1.54, 1.807) is 0 Å². The van der Waals surface area contributed by atoms with Gasteiger partial charge in [0.15, 0.2) is 0 Å². The topological polar surface area (TPSA) is 12.0 Å². The van der Waals surface area contributed by atoms with Gasteiger partial charge in [0.05, 0.1) is 0 Å². The molecule has 0 aliphatic carbocycles. The van der Waals surface area contributed by atoms with Crippen LogP contribution in [-0.4, -0.2) is 13.1 Å². The van der Waals surface area contributed by atoms with Crippen molar-refractivity contribution in [3.05, 3.63) is 70.8 Å². The first kappa shape index (κ1) is 12.4. The van der Waals surface area contributed by atoms with Gasteiger partial charge in [0.1, 0.15) is 0 Å². The van der Waals surface area contributed by atoms with Crippen LogP contribution in [0.2, 0.25) is 0 Å². The molecule has 0 amide bonds. The average molecular weight is 251 g/mol. The van der Waals surface area contributed by atoms with Crippen molar-refractivity contribution < 1.29 is 0 Å². The van der Waals surface area contributed by atoms with Crippen molar-refractivity contribution in [1.29, 1.82) is 0 Å². The predicted molar refractivity (Wildman–Crippen MR) is 80.6 cm³/mol. The fourth-order valence-electron chi connectivity index (χ4n) is 2.93. The highest BCUT2D eigenvalue weighted by Crippen LogP contribution is 2.33. The molecule has 98 valence electrons. The van der Waals surface area contributed by atoms with Crippen molar-refractivity contribution in [3.63, 3.8) is 0 Å². The first-order valence-electron chi connectivity index (χ1n) is 7.01. The lowest BCUT2D eigenvalue weighted by molar-refractivity contribution is 0.274. The highest BCUT2D eigenvalue weighted by Gasteiger charge is 2.38. The summed E-state index contributed by atoms with van der Waals surface area (Å²) in [6.45, 7) is 6.49. The van der Waals surface area contributed by atoms with E-state index in [0.717, 1.165) is 19.5 Å². The number of benzene rings is 2. The predicted octanol–water partition coefficient (Wildman–Crippen LogP) is 3.39. The molecule has 0 radical (unpaired) electrons. The molecule has 0 aromatic heterocycles. The molecule has 2 aromatic rings. The van der Waals surface area contributed by atoms with Gasteiger partial charge in [-0.3, -0.25) is 0 Å². The Hall–Kier alpha value is -1.60. The average Bonchev–Trinajstić information content (AvgIpc) is 2.36. The molecule has 0 unspecified atom stereocenters. The fraction of sp³-hybridized carbons (Fsp3) is 0.333. The minimum Gasteiger partial charge on any atom is -0.315 e. The summed E-state index contributed by atoms with van der Waals surface area (Å²) in [4.78, 5) is 0. The molecule has 0 atom stereocenters. The van der Waals surface area contributed by atoms with Crippen molar-refractivity contribution in [2.45, 2.75) is 25.7 Å². The highest BCUT2D eigenvalue weighted by atomic mass is 15.0. The van der Waals surface area contributed by atoms with Crippen LogP contribution in [0.4, 0.5) is 0 Å². The maximum Gasteiger partial charge on any atom is 0.0243 e. The summed E-state index contributed by atoms with van der Waals surface area (Å²) in [5.74, 6) is 0. The van der Waals surface area contributed by atoms with Crippen molar-refractivity contribution in [2.75, 3.05) is 13.1 Å². The number of rotatable bonds is 3. The van der Waals surface area contributed by atoms with Crippen molar-refractivity contribution in [2.24, 2.45) is 0 Å². The normalized spacial score (nSPS) is 16.9. The van der Waals surface area contributed by atoms with Gasteiger partial charge in [-0.15, -0.1) is 0 Å². The lowest BCUT2D eigenvalue weighted by atomic mass is 9.70. The lowest BCUT2D eigenvalue weighted by Crippen LogP contribution is -2.58. The zero-order valence-electron chi connectivity index (χ0n) is 11.7. The third-order valence-electron chi connectivity index (χ3n) is 4.22. The second kappa shape index (κ2) is 4.82. The largest absolute Gasteiger partial charge is 0.315 e. The van der Waals surface area contributed by atoms with E-state index >= 15 is 0 Å². The van der Waals surface area contributed by atoms with E-state index in [4.69, 9.17) is 0 Å². The fourth-order valence-corrected chi connectivity index (χ4v) is 2.93. The molecule has 1 fully saturated rings. The van der Waals surface area contributed by atoms with E-state index < -0.39 is 0 Å². The van der Waals surface area contributed by atoms with Crippen molar-refractivity contribution in [1.82, 2.24) is 5.32 Å². The van der Waals surface area contributed by atoms with Crippen molar-refractivity contribution >= 4 is 0 Å². The van der Waals surface area contributed by atoms with Crippen LogP contribution in [0.1, 0.15) is 22.3 Å². The first-order chi connectivity index (χ1) is 9.18. The molecule has 0 bridgehead atoms. The second-order valence-electron chi connectivity index (χ2n) is 5.92. The van der Waals surface area contributed by atoms with Gasteiger partial charge in [-0.1, -0.05) is 59.7 Å². The van der Waals surface area contributed by atoms with Crippen LogP contribution >= 0.6 is 0 Å². The second-order valence-corrected chi connectivity index (χ2v) is 5.92. The number of hydrogen-bond donors (Lipinski definition) is 1. The van der Waals surface area contributed by atoms with Gasteiger partial charge >= 0.3 is 0 Å². The van der Waals surface area contributed by atoms with E-state index in [2.05, 4.69) is 67.7 Å². The van der Waals surface area contributed by atoms with Gasteiger partial charge in [0.2, 0.25) is 0 Å². The summed E-state index contributed by atoms with van der Waals surface area (Å²) in [6, 6.07) is 17.9. The number of nitrogens with one attached hydrogen (secondary N) is 1. The van der Waals surface area contributed by atoms with Gasteiger partial charge in [0, 0.05) is 18.5 Å². The molecule has 1 saturated heterocycles. The van der Waals surface area contributed by atoms with E-state index in [-0.39, 0.29) is 0 Å². The summed E-state index contributed by atoms with van der Waals surface area (Å²) in [7, 11) is 0. The standard InChI is InChI=1S/C18H21N/c1-14-6-8-16(9-7-14)11-18(12-19-13-18)17-5-3-4-15(2)10-17/h3-10,19H,11-13H2,1-2H3. The van der Waals surface area contributed by atoms with Crippen molar-refractivity contribution in [3.8, 4) is 0 Å². The molecule has 1 heteroatoms. The molecule has 2 aromatic carbocycles. The molecule has 1 heterocycles. The maximum absolute atomic E-state index is 3.45. The monoisotopic (exact) mass is 251 g/mol. The summed E-state index contributed by atoms with van der Waals surface area (Å²) < 4.78 is 0. The molecule has 3 rings (SSSR count). The Morgan fingerprint density at radius 1 is 0.947 bits per heavy atom. The number of aryl methyl sites for hydroxylation is 2. The molecule has 1 aliphatic heterocycles. The lowest BCUT2D eigenvalue weighted by Gasteiger charge is -2.43. The molecule has 19 heavy (non-hydrogen) atoms. The third-order valence-corrected chi connectivity index (χ3v) is 4.22. The van der Waals surface area contributed by atoms with E-state index in [1.807, 2.05) is 0 Å². The first-order valence-corrected chi connectivity index (χ1v) is 7.01. The Bertz CT molecular complexity index is 564. The van der Waals surface area contributed by atoms with Crippen LogP contribution in [0.15, 0.2) is 48.5 Å². The summed E-state index contributed by atoms with van der Waals surface area (Å²) in [5.41, 5.74) is 5.90. The summed E-state index contributed by atoms with van der Waals surface area (Å²) >= 11 is 0. The van der Waals surface area contributed by atoms with E-state index in [9.17, 15) is 0 Å². The Labute approximate surface area is 115 Å². The van der Waals surface area contributed by atoms with Gasteiger partial charge in [-0.2, -0.15) is 0 Å². The Balaban J connectivity index is 1.89. The molecule has 1 nitrogen and oxygen atoms in total. The van der Waals surface area contributed by atoms with Gasteiger partial charge < -0.3 is 5.32 Å². The van der Waals surface area contributed by atoms with E-state index in [0.29, 0.717) is 5.41 Å². The van der Waals surface area contributed by atoms with Crippen LogP contribution < -0.4 is 5.32 Å². The van der Waals surface area contributed by atoms with Gasteiger partial charge in [-0.05, 0) is 31.4 Å². The number of hydrogen-bond acceptors (Lipinski definition) is 1. The Morgan fingerprint density at radius 3 is 2.26 bits per heavy atom. The van der Waals surface area contributed by atoms with Crippen LogP contribution in [0.3, 0.4) is 0 Å². The molecule has 1 aliphatic rings. The van der Waals surface area contributed by atoms with Crippen LogP contribution in [0.25, 0.3) is 0 Å². The maximum atomic E-state index is 3.45. The molecule has 1 N–H and O–H groups in total. The molecule has 0 spiro atoms. The zero-order valence-corrected chi connectivity index (χ0v) is 11.7. The zero-order chi connectivity index (χ0) is 13.3. The summed E-state index contributed by atoms with van der Waals surface area (Å²) in [5, 5.41) is 3.45. The highest BCUT2D eigenvalue weighted by molar-refractivity contribution is 5.36. The Morgan fingerprint density at radius 2 is 1.68 bits per heavy atom. The molecular formula is C18H21N. The van der Waals surface area contributed by atoms with Gasteiger partial charge in [0.25, 0.3) is 0 Å².